The summed E-state index contributed by atoms with van der Waals surface area (Å²) in [6, 6.07) is 20.2. The summed E-state index contributed by atoms with van der Waals surface area (Å²) in [7, 11) is 0. The van der Waals surface area contributed by atoms with Gasteiger partial charge in [0, 0.05) is 6.42 Å². The van der Waals surface area contributed by atoms with Crippen molar-refractivity contribution in [2.45, 2.75) is 38.8 Å². The normalized spacial score (nSPS) is 12.0. The van der Waals surface area contributed by atoms with Gasteiger partial charge in [0.2, 0.25) is 0 Å². The molecule has 0 amide bonds. The maximum atomic E-state index is 11.4. The molecule has 0 fully saturated rings. The Bertz CT molecular complexity index is 634. The summed E-state index contributed by atoms with van der Waals surface area (Å²) in [6.45, 7) is 8.48. The van der Waals surface area contributed by atoms with E-state index in [-0.39, 0.29) is 12.4 Å². The molecule has 2 N–H and O–H groups in total. The summed E-state index contributed by atoms with van der Waals surface area (Å²) in [5.41, 5.74) is 0.697. The van der Waals surface area contributed by atoms with Gasteiger partial charge in [-0.25, -0.2) is 0 Å². The van der Waals surface area contributed by atoms with E-state index in [1.54, 1.807) is 0 Å². The summed E-state index contributed by atoms with van der Waals surface area (Å²) < 4.78 is 0. The number of halogens is 1. The van der Waals surface area contributed by atoms with Gasteiger partial charge < -0.3 is 22.4 Å². The van der Waals surface area contributed by atoms with Crippen LogP contribution in [0.4, 0.5) is 0 Å². The summed E-state index contributed by atoms with van der Waals surface area (Å²) >= 11 is 0. The molecule has 25 heavy (non-hydrogen) atoms. The molecule has 2 aromatic rings. The van der Waals surface area contributed by atoms with Crippen LogP contribution in [-0.4, -0.2) is 24.2 Å². The highest BCUT2D eigenvalue weighted by atomic mass is 35.5. The lowest BCUT2D eigenvalue weighted by Crippen LogP contribution is -3.14. The number of hydrogen-bond donors (Lipinski definition) is 2. The molecule has 0 heterocycles. The zero-order valence-electron chi connectivity index (χ0n) is 15.3. The topological polar surface area (TPSA) is 24.7 Å². The molecular formula is C22H28ClNO. The Kier molecular flexibility index (Phi) is 8.72. The SMILES string of the molecule is CC[NH+](CC#CCC(O)(c1ccccc1)c1ccccc1)C(C)C.[Cl-]. The first-order valence-corrected chi connectivity index (χ1v) is 8.71. The highest BCUT2D eigenvalue weighted by molar-refractivity contribution is 5.37. The molecule has 0 spiro atoms. The lowest BCUT2D eigenvalue weighted by atomic mass is 9.84. The second-order valence-electron chi connectivity index (χ2n) is 6.47. The lowest BCUT2D eigenvalue weighted by molar-refractivity contribution is -0.912. The summed E-state index contributed by atoms with van der Waals surface area (Å²) in [4.78, 5) is 1.46. The van der Waals surface area contributed by atoms with Crippen LogP contribution in [0.25, 0.3) is 0 Å². The minimum atomic E-state index is -1.07. The molecule has 0 radical (unpaired) electrons. The van der Waals surface area contributed by atoms with Crippen LogP contribution in [0.2, 0.25) is 0 Å². The Morgan fingerprint density at radius 1 is 0.920 bits per heavy atom. The zero-order chi connectivity index (χ0) is 17.4. The highest BCUT2D eigenvalue weighted by Crippen LogP contribution is 2.32. The first-order chi connectivity index (χ1) is 11.6. The van der Waals surface area contributed by atoms with Crippen molar-refractivity contribution in [3.05, 3.63) is 71.8 Å². The van der Waals surface area contributed by atoms with Crippen molar-refractivity contribution < 1.29 is 22.4 Å². The molecule has 0 aliphatic heterocycles. The summed E-state index contributed by atoms with van der Waals surface area (Å²) in [5.74, 6) is 6.49. The van der Waals surface area contributed by atoms with Crippen LogP contribution < -0.4 is 17.3 Å². The van der Waals surface area contributed by atoms with Gasteiger partial charge in [-0.05, 0) is 37.8 Å². The van der Waals surface area contributed by atoms with Crippen molar-refractivity contribution in [1.82, 2.24) is 0 Å². The number of quaternary nitrogens is 1. The van der Waals surface area contributed by atoms with E-state index >= 15 is 0 Å². The molecule has 0 saturated heterocycles. The molecule has 2 nitrogen and oxygen atoms in total. The molecule has 1 atom stereocenters. The number of benzene rings is 2. The van der Waals surface area contributed by atoms with Crippen LogP contribution >= 0.6 is 0 Å². The predicted octanol–water partition coefficient (Wildman–Crippen LogP) is -0.367. The van der Waals surface area contributed by atoms with Gasteiger partial charge in [0.1, 0.15) is 12.1 Å². The minimum Gasteiger partial charge on any atom is -1.00 e. The molecule has 0 aliphatic rings. The Morgan fingerprint density at radius 3 is 1.80 bits per heavy atom. The summed E-state index contributed by atoms with van der Waals surface area (Å²) in [6.07, 6.45) is 0.399. The van der Waals surface area contributed by atoms with E-state index in [1.807, 2.05) is 60.7 Å². The molecular weight excluding hydrogens is 330 g/mol. The number of rotatable bonds is 6. The molecule has 1 unspecified atom stereocenters. The second kappa shape index (κ2) is 10.3. The van der Waals surface area contributed by atoms with Gasteiger partial charge in [-0.2, -0.15) is 0 Å². The van der Waals surface area contributed by atoms with Crippen molar-refractivity contribution in [2.24, 2.45) is 0 Å². The fourth-order valence-corrected chi connectivity index (χ4v) is 2.90. The van der Waals surface area contributed by atoms with E-state index in [0.29, 0.717) is 12.5 Å². The van der Waals surface area contributed by atoms with E-state index in [2.05, 4.69) is 32.6 Å². The maximum absolute atomic E-state index is 11.4. The average Bonchev–Trinajstić information content (AvgIpc) is 2.62. The first kappa shape index (κ1) is 21.3. The van der Waals surface area contributed by atoms with Crippen molar-refractivity contribution in [1.29, 1.82) is 0 Å². The summed E-state index contributed by atoms with van der Waals surface area (Å²) in [5, 5.41) is 11.4. The average molecular weight is 358 g/mol. The molecule has 0 aliphatic carbocycles. The Labute approximate surface area is 158 Å². The quantitative estimate of drug-likeness (QED) is 0.678. The van der Waals surface area contributed by atoms with Crippen molar-refractivity contribution >= 4 is 0 Å². The molecule has 0 aromatic heterocycles. The van der Waals surface area contributed by atoms with Gasteiger partial charge in [-0.15, -0.1) is 0 Å². The largest absolute Gasteiger partial charge is 1.00 e. The van der Waals surface area contributed by atoms with Crippen LogP contribution in [0.3, 0.4) is 0 Å². The molecule has 134 valence electrons. The smallest absolute Gasteiger partial charge is 0.139 e. The van der Waals surface area contributed by atoms with Gasteiger partial charge >= 0.3 is 0 Å². The van der Waals surface area contributed by atoms with Crippen molar-refractivity contribution in [3.63, 3.8) is 0 Å². The third-order valence-electron chi connectivity index (χ3n) is 4.56. The highest BCUT2D eigenvalue weighted by Gasteiger charge is 2.30. The lowest BCUT2D eigenvalue weighted by Gasteiger charge is -2.27. The van der Waals surface area contributed by atoms with Crippen LogP contribution in [-0.2, 0) is 5.60 Å². The fourth-order valence-electron chi connectivity index (χ4n) is 2.90. The van der Waals surface area contributed by atoms with E-state index in [0.717, 1.165) is 24.2 Å². The molecule has 3 heteroatoms. The second-order valence-corrected chi connectivity index (χ2v) is 6.47. The minimum absolute atomic E-state index is 0. The Balaban J connectivity index is 0.00000312. The first-order valence-electron chi connectivity index (χ1n) is 8.71. The Morgan fingerprint density at radius 2 is 1.40 bits per heavy atom. The van der Waals surface area contributed by atoms with Crippen molar-refractivity contribution in [2.75, 3.05) is 13.1 Å². The third kappa shape index (κ3) is 5.61. The number of hydrogen-bond acceptors (Lipinski definition) is 1. The number of aliphatic hydroxyl groups is 1. The molecule has 0 saturated carbocycles. The van der Waals surface area contributed by atoms with Crippen LogP contribution in [0.15, 0.2) is 60.7 Å². The van der Waals surface area contributed by atoms with E-state index in [1.165, 1.54) is 4.90 Å². The van der Waals surface area contributed by atoms with Crippen LogP contribution in [0, 0.1) is 11.8 Å². The van der Waals surface area contributed by atoms with E-state index in [9.17, 15) is 5.11 Å². The van der Waals surface area contributed by atoms with Crippen molar-refractivity contribution in [3.8, 4) is 11.8 Å². The van der Waals surface area contributed by atoms with Gasteiger partial charge in [-0.1, -0.05) is 66.6 Å². The monoisotopic (exact) mass is 357 g/mol. The third-order valence-corrected chi connectivity index (χ3v) is 4.56. The zero-order valence-corrected chi connectivity index (χ0v) is 16.1. The molecule has 2 rings (SSSR count). The molecule has 0 bridgehead atoms. The van der Waals surface area contributed by atoms with Crippen LogP contribution in [0.1, 0.15) is 38.3 Å². The van der Waals surface area contributed by atoms with Crippen LogP contribution in [0.5, 0.6) is 0 Å². The van der Waals surface area contributed by atoms with Gasteiger partial charge in [0.25, 0.3) is 0 Å². The standard InChI is InChI=1S/C22H27NO.ClH/c1-4-23(19(2)3)18-12-11-17-22(24,20-13-7-5-8-14-20)21-15-9-6-10-16-21;/h5-10,13-16,19,24H,4,17-18H2,1-3H3;1H. The maximum Gasteiger partial charge on any atom is 0.139 e. The van der Waals surface area contributed by atoms with E-state index in [4.69, 9.17) is 0 Å². The predicted molar refractivity (Wildman–Crippen MR) is 99.8 cm³/mol. The van der Waals surface area contributed by atoms with Gasteiger partial charge in [0.05, 0.1) is 12.6 Å². The fraction of sp³-hybridized carbons (Fsp3) is 0.364. The van der Waals surface area contributed by atoms with Gasteiger partial charge in [0.15, 0.2) is 0 Å². The van der Waals surface area contributed by atoms with Gasteiger partial charge in [-0.3, -0.25) is 0 Å². The van der Waals surface area contributed by atoms with E-state index < -0.39 is 5.60 Å². The Hall–Kier alpha value is -1.79. The molecule has 2 aromatic carbocycles. The number of nitrogens with one attached hydrogen (secondary N) is 1.